The normalized spacial score (nSPS) is 19.8. The third kappa shape index (κ3) is 7.08. The molecule has 5 heterocycles. The summed E-state index contributed by atoms with van der Waals surface area (Å²) in [4.78, 5) is 48.2. The maximum absolute atomic E-state index is 13.4. The van der Waals surface area contributed by atoms with E-state index in [0.717, 1.165) is 62.2 Å². The topological polar surface area (TPSA) is 151 Å². The van der Waals surface area contributed by atoms with E-state index in [0.29, 0.717) is 52.7 Å². The highest BCUT2D eigenvalue weighted by Gasteiger charge is 2.28. The molecule has 53 heavy (non-hydrogen) atoms. The molecule has 276 valence electrons. The molecule has 3 aromatic heterocycles. The number of imide groups is 1. The lowest BCUT2D eigenvalue weighted by molar-refractivity contribution is -0.120. The Kier molecular flexibility index (Phi) is 9.56. The molecule has 3 fully saturated rings. The molecule has 1 aliphatic carbocycles. The van der Waals surface area contributed by atoms with Gasteiger partial charge in [0.2, 0.25) is 5.91 Å². The molecule has 0 unspecified atom stereocenters. The number of piperazine rings is 1. The number of imidazole rings is 1. The molecule has 8 rings (SSSR count). The first-order valence-electron chi connectivity index (χ1n) is 18.3. The Hall–Kier alpha value is -5.70. The van der Waals surface area contributed by atoms with Crippen molar-refractivity contribution in [2.24, 2.45) is 5.92 Å². The largest absolute Gasteiger partial charge is 0.496 e. The number of carbonyl (C=O) groups is 3. The fraction of sp³-hybridized carbons (Fsp3) is 0.421. The summed E-state index contributed by atoms with van der Waals surface area (Å²) in [5.74, 6) is 1.71. The highest BCUT2D eigenvalue weighted by atomic mass is 16.5. The van der Waals surface area contributed by atoms with Crippen molar-refractivity contribution in [1.82, 2.24) is 34.6 Å². The van der Waals surface area contributed by atoms with Gasteiger partial charge in [0.05, 0.1) is 43.2 Å². The van der Waals surface area contributed by atoms with Gasteiger partial charge in [0, 0.05) is 74.7 Å². The van der Waals surface area contributed by atoms with Gasteiger partial charge < -0.3 is 19.7 Å². The van der Waals surface area contributed by atoms with Crippen LogP contribution >= 0.6 is 0 Å². The van der Waals surface area contributed by atoms with E-state index in [2.05, 4.69) is 41.4 Å². The second-order valence-corrected chi connectivity index (χ2v) is 14.0. The Balaban J connectivity index is 0.824. The molecule has 0 spiro atoms. The first-order valence-corrected chi connectivity index (χ1v) is 18.3. The zero-order valence-corrected chi connectivity index (χ0v) is 30.0. The second kappa shape index (κ2) is 14.7. The van der Waals surface area contributed by atoms with E-state index in [-0.39, 0.29) is 18.2 Å². The van der Waals surface area contributed by atoms with Crippen LogP contribution in [0.1, 0.15) is 54.9 Å². The minimum Gasteiger partial charge on any atom is -0.496 e. The van der Waals surface area contributed by atoms with Gasteiger partial charge in [-0.25, -0.2) is 9.78 Å². The number of anilines is 3. The van der Waals surface area contributed by atoms with E-state index < -0.39 is 6.03 Å². The summed E-state index contributed by atoms with van der Waals surface area (Å²) < 4.78 is 14.9. The maximum atomic E-state index is 13.4. The number of nitrogens with zero attached hydrogens (tertiary/aromatic N) is 8. The predicted molar refractivity (Wildman–Crippen MR) is 200 cm³/mol. The molecule has 0 atom stereocenters. The van der Waals surface area contributed by atoms with Crippen molar-refractivity contribution in [3.63, 3.8) is 0 Å². The Morgan fingerprint density at radius 3 is 2.55 bits per heavy atom. The smallest absolute Gasteiger partial charge is 0.328 e. The van der Waals surface area contributed by atoms with Gasteiger partial charge in [-0.15, -0.1) is 0 Å². The van der Waals surface area contributed by atoms with Gasteiger partial charge in [-0.3, -0.25) is 29.4 Å². The molecule has 1 saturated carbocycles. The number of benzene rings is 2. The summed E-state index contributed by atoms with van der Waals surface area (Å²) in [5.41, 5.74) is 3.62. The Morgan fingerprint density at radius 1 is 0.962 bits per heavy atom. The molecule has 2 aliphatic heterocycles. The number of hydrogen-bond donors (Lipinski definition) is 2. The van der Waals surface area contributed by atoms with E-state index in [1.807, 2.05) is 36.4 Å². The van der Waals surface area contributed by atoms with Crippen molar-refractivity contribution in [1.29, 1.82) is 0 Å². The van der Waals surface area contributed by atoms with Crippen molar-refractivity contribution < 1.29 is 23.9 Å². The van der Waals surface area contributed by atoms with Gasteiger partial charge in [0.1, 0.15) is 11.5 Å². The first-order chi connectivity index (χ1) is 25.9. The highest BCUT2D eigenvalue weighted by Crippen LogP contribution is 2.37. The van der Waals surface area contributed by atoms with Crippen LogP contribution in [-0.2, 0) is 4.79 Å². The molecular weight excluding hydrogens is 676 g/mol. The molecule has 15 nitrogen and oxygen atoms in total. The highest BCUT2D eigenvalue weighted by molar-refractivity contribution is 6.08. The molecular formula is C38H44N10O5. The second-order valence-electron chi connectivity index (χ2n) is 14.0. The third-order valence-electron chi connectivity index (χ3n) is 10.9. The monoisotopic (exact) mass is 720 g/mol. The minimum atomic E-state index is -0.415. The lowest BCUT2D eigenvalue weighted by Gasteiger charge is -2.37. The van der Waals surface area contributed by atoms with Crippen LogP contribution in [0.15, 0.2) is 61.1 Å². The van der Waals surface area contributed by atoms with Crippen LogP contribution in [0.25, 0.3) is 16.6 Å². The molecule has 2 N–H and O–H groups in total. The minimum absolute atomic E-state index is 0.254. The van der Waals surface area contributed by atoms with Crippen molar-refractivity contribution in [3.8, 4) is 11.5 Å². The first kappa shape index (κ1) is 34.4. The fourth-order valence-corrected chi connectivity index (χ4v) is 7.88. The quantitative estimate of drug-likeness (QED) is 0.207. The maximum Gasteiger partial charge on any atom is 0.328 e. The summed E-state index contributed by atoms with van der Waals surface area (Å²) in [6.45, 7) is 5.27. The van der Waals surface area contributed by atoms with Gasteiger partial charge in [0.25, 0.3) is 5.91 Å². The molecule has 0 bridgehead atoms. The number of nitrogens with one attached hydrogen (secondary N) is 2. The molecule has 3 aliphatic rings. The molecule has 4 amide bonds. The van der Waals surface area contributed by atoms with Crippen LogP contribution in [-0.4, -0.2) is 101 Å². The number of aromatic nitrogens is 5. The number of rotatable bonds is 10. The molecule has 0 radical (unpaired) electrons. The molecule has 5 aromatic rings. The van der Waals surface area contributed by atoms with Crippen LogP contribution in [0.5, 0.6) is 11.5 Å². The summed E-state index contributed by atoms with van der Waals surface area (Å²) in [7, 11) is 3.17. The van der Waals surface area contributed by atoms with Gasteiger partial charge >= 0.3 is 6.03 Å². The van der Waals surface area contributed by atoms with Gasteiger partial charge in [0.15, 0.2) is 11.5 Å². The van der Waals surface area contributed by atoms with E-state index in [9.17, 15) is 14.4 Å². The molecule has 15 heteroatoms. The SMILES string of the molecule is COc1cc2nn(C3CCC(CCN4CCN(c5ccc(N6CCC(=O)NC6=O)c(OC)c5)CC4)CC3)cc2cc1C(=O)Nc1cnc2cccnn12. The van der Waals surface area contributed by atoms with Crippen molar-refractivity contribution in [2.75, 3.05) is 68.6 Å². The van der Waals surface area contributed by atoms with E-state index in [1.165, 1.54) is 19.3 Å². The number of urea groups is 1. The van der Waals surface area contributed by atoms with Crippen molar-refractivity contribution in [2.45, 2.75) is 44.6 Å². The lowest BCUT2D eigenvalue weighted by Crippen LogP contribution is -2.49. The standard InChI is InChI=1S/C38H44N10O5/c1-52-32-22-30-26(20-29(32)37(50)41-35-23-39-34-4-3-13-40-48(34)35)24-47(43-30)27-7-5-25(6-8-27)11-14-44-16-18-45(19-17-44)28-9-10-31(33(21-28)53-2)46-15-12-36(49)42-38(46)51/h3-4,9-10,13,20-25,27H,5-8,11-12,14-19H2,1-2H3,(H,41,50)(H,42,49,51). The Labute approximate surface area is 306 Å². The number of ether oxygens (including phenoxy) is 2. The number of fused-ring (bicyclic) bond motifs is 2. The number of amides is 4. The van der Waals surface area contributed by atoms with E-state index >= 15 is 0 Å². The zero-order chi connectivity index (χ0) is 36.5. The van der Waals surface area contributed by atoms with Gasteiger partial charge in [-0.1, -0.05) is 0 Å². The van der Waals surface area contributed by atoms with Crippen LogP contribution in [0.3, 0.4) is 0 Å². The van der Waals surface area contributed by atoms with E-state index in [1.54, 1.807) is 42.1 Å². The van der Waals surface area contributed by atoms with Gasteiger partial charge in [-0.05, 0) is 74.9 Å². The number of carbonyl (C=O) groups excluding carboxylic acids is 3. The number of hydrogen-bond acceptors (Lipinski definition) is 10. The van der Waals surface area contributed by atoms with Crippen LogP contribution < -0.4 is 29.9 Å². The predicted octanol–water partition coefficient (Wildman–Crippen LogP) is 4.74. The molecule has 2 saturated heterocycles. The fourth-order valence-electron chi connectivity index (χ4n) is 7.88. The average molecular weight is 721 g/mol. The third-order valence-corrected chi connectivity index (χ3v) is 10.9. The summed E-state index contributed by atoms with van der Waals surface area (Å²) in [6, 6.07) is 13.2. The summed E-state index contributed by atoms with van der Waals surface area (Å²) >= 11 is 0. The summed E-state index contributed by atoms with van der Waals surface area (Å²) in [6.07, 6.45) is 11.2. The van der Waals surface area contributed by atoms with Gasteiger partial charge in [-0.2, -0.15) is 14.7 Å². The van der Waals surface area contributed by atoms with Crippen LogP contribution in [0.2, 0.25) is 0 Å². The lowest BCUT2D eigenvalue weighted by atomic mass is 9.84. The van der Waals surface area contributed by atoms with E-state index in [4.69, 9.17) is 14.6 Å². The van der Waals surface area contributed by atoms with Crippen molar-refractivity contribution >= 4 is 51.6 Å². The Bertz CT molecular complexity index is 2150. The number of methoxy groups -OCH3 is 2. The molecule has 2 aromatic carbocycles. The zero-order valence-electron chi connectivity index (χ0n) is 30.0. The van der Waals surface area contributed by atoms with Crippen molar-refractivity contribution in [3.05, 3.63) is 66.6 Å². The average Bonchev–Trinajstić information content (AvgIpc) is 3.80. The van der Waals surface area contributed by atoms with Crippen LogP contribution in [0.4, 0.5) is 22.0 Å². The summed E-state index contributed by atoms with van der Waals surface area (Å²) in [5, 5.41) is 15.4. The Morgan fingerprint density at radius 2 is 1.77 bits per heavy atom. The van der Waals surface area contributed by atoms with Crippen LogP contribution in [0, 0.1) is 5.92 Å².